The number of dihydropyridines is 1. The van der Waals surface area contributed by atoms with Crippen LogP contribution in [0.1, 0.15) is 129 Å². The van der Waals surface area contributed by atoms with Crippen molar-refractivity contribution in [2.24, 2.45) is 23.7 Å². The van der Waals surface area contributed by atoms with E-state index in [1.165, 1.54) is 55.4 Å². The molecule has 0 fully saturated rings. The molecule has 2 aliphatic rings. The number of hydrogen-bond donors (Lipinski definition) is 1. The third-order valence-electron chi connectivity index (χ3n) is 6.39. The fourth-order valence-corrected chi connectivity index (χ4v) is 4.27. The summed E-state index contributed by atoms with van der Waals surface area (Å²) in [7, 11) is 0. The van der Waals surface area contributed by atoms with Crippen molar-refractivity contribution in [1.82, 2.24) is 5.32 Å². The van der Waals surface area contributed by atoms with Crippen molar-refractivity contribution in [3.63, 3.8) is 0 Å². The largest absolute Gasteiger partial charge is 0.384 e. The van der Waals surface area contributed by atoms with Crippen molar-refractivity contribution in [1.29, 1.82) is 0 Å². The van der Waals surface area contributed by atoms with E-state index in [-0.39, 0.29) is 0 Å². The van der Waals surface area contributed by atoms with Gasteiger partial charge in [-0.25, -0.2) is 0 Å². The van der Waals surface area contributed by atoms with E-state index < -0.39 is 0 Å². The Morgan fingerprint density at radius 1 is 0.697 bits per heavy atom. The van der Waals surface area contributed by atoms with E-state index in [9.17, 15) is 0 Å². The minimum atomic E-state index is 0.639. The third-order valence-corrected chi connectivity index (χ3v) is 6.39. The molecular weight excluding hydrogens is 398 g/mol. The van der Waals surface area contributed by atoms with E-state index in [1.807, 2.05) is 41.5 Å². The van der Waals surface area contributed by atoms with Gasteiger partial charge in [0.15, 0.2) is 0 Å². The number of nitrogens with one attached hydrogen (secondary N) is 1. The standard InChI is InChI=1S/C26H43N.3C2H6/c1-18(2)8-10-20(5)23-12-14-25(22(7)16-23)24-13-15-26(27-17-24)21(6)11-9-19(3)4;3*1-2/h13,15-16,18-21,27H,8-12,14,17H2,1-7H3;3*1-2H3. The van der Waals surface area contributed by atoms with Gasteiger partial charge in [-0.05, 0) is 79.1 Å². The van der Waals surface area contributed by atoms with Crippen LogP contribution in [0.5, 0.6) is 0 Å². The predicted molar refractivity (Wildman–Crippen MR) is 155 cm³/mol. The molecule has 0 aromatic rings. The first kappa shape index (κ1) is 33.9. The van der Waals surface area contributed by atoms with Crippen molar-refractivity contribution in [2.45, 2.75) is 129 Å². The predicted octanol–water partition coefficient (Wildman–Crippen LogP) is 10.7. The average molecular weight is 460 g/mol. The molecule has 0 bridgehead atoms. The Kier molecular flexibility index (Phi) is 20.7. The van der Waals surface area contributed by atoms with Crippen LogP contribution in [0.15, 0.2) is 46.2 Å². The summed E-state index contributed by atoms with van der Waals surface area (Å²) in [5.74, 6) is 2.98. The fraction of sp³-hybridized carbons (Fsp3) is 0.750. The van der Waals surface area contributed by atoms with Crippen molar-refractivity contribution < 1.29 is 0 Å². The van der Waals surface area contributed by atoms with Crippen LogP contribution in [0.2, 0.25) is 0 Å². The molecule has 1 heterocycles. The highest BCUT2D eigenvalue weighted by atomic mass is 14.9. The zero-order valence-corrected chi connectivity index (χ0v) is 25.0. The van der Waals surface area contributed by atoms with Gasteiger partial charge in [0.25, 0.3) is 0 Å². The zero-order chi connectivity index (χ0) is 26.0. The maximum atomic E-state index is 3.72. The van der Waals surface area contributed by atoms with E-state index in [0.717, 1.165) is 24.3 Å². The summed E-state index contributed by atoms with van der Waals surface area (Å²) < 4.78 is 0. The van der Waals surface area contributed by atoms with Crippen LogP contribution in [0.4, 0.5) is 0 Å². The SMILES string of the molecule is CC.CC.CC.CC1=C(C2=CC=C(C(C)CCC(C)C)NC2)CCC(C(C)CCC(C)C)=C1. The van der Waals surface area contributed by atoms with Crippen molar-refractivity contribution >= 4 is 0 Å². The summed E-state index contributed by atoms with van der Waals surface area (Å²) in [6.45, 7) is 29.4. The summed E-state index contributed by atoms with van der Waals surface area (Å²) in [6, 6.07) is 0. The molecule has 1 N–H and O–H groups in total. The molecular formula is C32H61N. The summed E-state index contributed by atoms with van der Waals surface area (Å²) in [5.41, 5.74) is 7.65. The summed E-state index contributed by atoms with van der Waals surface area (Å²) in [6.07, 6.45) is 14.9. The lowest BCUT2D eigenvalue weighted by atomic mass is 9.81. The van der Waals surface area contributed by atoms with Crippen LogP contribution < -0.4 is 5.32 Å². The van der Waals surface area contributed by atoms with E-state index in [1.54, 1.807) is 11.1 Å². The van der Waals surface area contributed by atoms with Crippen LogP contribution in [0, 0.1) is 23.7 Å². The Morgan fingerprint density at radius 3 is 1.64 bits per heavy atom. The second-order valence-electron chi connectivity index (χ2n) is 9.79. The molecule has 0 radical (unpaired) electrons. The van der Waals surface area contributed by atoms with E-state index >= 15 is 0 Å². The van der Waals surface area contributed by atoms with Crippen LogP contribution in [0.3, 0.4) is 0 Å². The van der Waals surface area contributed by atoms with Gasteiger partial charge >= 0.3 is 0 Å². The van der Waals surface area contributed by atoms with Crippen molar-refractivity contribution in [3.8, 4) is 0 Å². The first-order chi connectivity index (χ1) is 15.8. The monoisotopic (exact) mass is 459 g/mol. The molecule has 2 rings (SSSR count). The van der Waals surface area contributed by atoms with Crippen LogP contribution in [-0.2, 0) is 0 Å². The third kappa shape index (κ3) is 13.3. The minimum absolute atomic E-state index is 0.639. The molecule has 2 atom stereocenters. The Hall–Kier alpha value is -1.24. The highest BCUT2D eigenvalue weighted by Gasteiger charge is 2.20. The maximum Gasteiger partial charge on any atom is 0.0400 e. The molecule has 0 aromatic heterocycles. The van der Waals surface area contributed by atoms with Gasteiger partial charge in [0.1, 0.15) is 0 Å². The van der Waals surface area contributed by atoms with Gasteiger partial charge in [0.2, 0.25) is 0 Å². The van der Waals surface area contributed by atoms with Gasteiger partial charge < -0.3 is 5.32 Å². The lowest BCUT2D eigenvalue weighted by Gasteiger charge is -2.28. The first-order valence-corrected chi connectivity index (χ1v) is 14.3. The number of rotatable bonds is 9. The van der Waals surface area contributed by atoms with E-state index in [0.29, 0.717) is 5.92 Å². The van der Waals surface area contributed by atoms with Gasteiger partial charge in [-0.1, -0.05) is 114 Å². The normalized spacial score (nSPS) is 17.1. The first-order valence-electron chi connectivity index (χ1n) is 14.3. The Morgan fingerprint density at radius 2 is 1.21 bits per heavy atom. The molecule has 1 heteroatoms. The molecule has 0 saturated heterocycles. The number of hydrogen-bond acceptors (Lipinski definition) is 1. The van der Waals surface area contributed by atoms with E-state index in [4.69, 9.17) is 0 Å². The molecule has 0 amide bonds. The van der Waals surface area contributed by atoms with E-state index in [2.05, 4.69) is 72.0 Å². The zero-order valence-electron chi connectivity index (χ0n) is 25.0. The number of allylic oxidation sites excluding steroid dienone is 6. The van der Waals surface area contributed by atoms with Crippen LogP contribution in [-0.4, -0.2) is 6.54 Å². The van der Waals surface area contributed by atoms with Gasteiger partial charge in [-0.2, -0.15) is 0 Å². The highest BCUT2D eigenvalue weighted by molar-refractivity contribution is 5.47. The fourth-order valence-electron chi connectivity index (χ4n) is 4.27. The Labute approximate surface area is 210 Å². The lowest BCUT2D eigenvalue weighted by molar-refractivity contribution is 0.472. The molecule has 33 heavy (non-hydrogen) atoms. The van der Waals surface area contributed by atoms with Crippen molar-refractivity contribution in [2.75, 3.05) is 6.54 Å². The van der Waals surface area contributed by atoms with Gasteiger partial charge in [0.05, 0.1) is 0 Å². The molecule has 1 aliphatic heterocycles. The summed E-state index contributed by atoms with van der Waals surface area (Å²) >= 11 is 0. The summed E-state index contributed by atoms with van der Waals surface area (Å²) in [5, 5.41) is 3.72. The van der Waals surface area contributed by atoms with Gasteiger partial charge in [0, 0.05) is 12.2 Å². The van der Waals surface area contributed by atoms with Crippen LogP contribution in [0.25, 0.3) is 0 Å². The maximum absolute atomic E-state index is 3.72. The van der Waals surface area contributed by atoms with Crippen LogP contribution >= 0.6 is 0 Å². The topological polar surface area (TPSA) is 12.0 Å². The molecule has 1 nitrogen and oxygen atoms in total. The molecule has 2 unspecified atom stereocenters. The quantitative estimate of drug-likeness (QED) is 0.361. The molecule has 0 spiro atoms. The lowest BCUT2D eigenvalue weighted by Crippen LogP contribution is -2.25. The minimum Gasteiger partial charge on any atom is -0.384 e. The molecule has 194 valence electrons. The average Bonchev–Trinajstić information content (AvgIpc) is 2.84. The van der Waals surface area contributed by atoms with Gasteiger partial charge in [-0.15, -0.1) is 0 Å². The highest BCUT2D eigenvalue weighted by Crippen LogP contribution is 2.35. The smallest absolute Gasteiger partial charge is 0.0400 e. The Bertz CT molecular complexity index is 612. The summed E-state index contributed by atoms with van der Waals surface area (Å²) in [4.78, 5) is 0. The Balaban J connectivity index is 0. The molecule has 0 saturated carbocycles. The molecule has 1 aliphatic carbocycles. The second kappa shape index (κ2) is 20.2. The second-order valence-corrected chi connectivity index (χ2v) is 9.79. The molecule has 0 aromatic carbocycles. The van der Waals surface area contributed by atoms with Crippen molar-refractivity contribution in [3.05, 3.63) is 46.2 Å². The van der Waals surface area contributed by atoms with Gasteiger partial charge in [-0.3, -0.25) is 0 Å².